The zero-order chi connectivity index (χ0) is 19.6. The second-order valence-electron chi connectivity index (χ2n) is 6.29. The third-order valence-electron chi connectivity index (χ3n) is 3.83. The number of nitrogens with zero attached hydrogens (tertiary/aromatic N) is 4. The van der Waals surface area contributed by atoms with Gasteiger partial charge in [0.05, 0.1) is 24.1 Å². The topological polar surface area (TPSA) is 64.7 Å². The minimum atomic E-state index is -4.57. The number of hydrogen-bond acceptors (Lipinski definition) is 3. The zero-order valence-corrected chi connectivity index (χ0v) is 14.8. The lowest BCUT2D eigenvalue weighted by molar-refractivity contribution is -0.144. The maximum absolute atomic E-state index is 13.0. The van der Waals surface area contributed by atoms with Gasteiger partial charge in [0, 0.05) is 6.20 Å². The number of rotatable bonds is 5. The van der Waals surface area contributed by atoms with Gasteiger partial charge < -0.3 is 5.32 Å². The molecule has 0 fully saturated rings. The molecule has 1 aromatic carbocycles. The van der Waals surface area contributed by atoms with Crippen molar-refractivity contribution in [3.63, 3.8) is 0 Å². The van der Waals surface area contributed by atoms with Gasteiger partial charge in [0.2, 0.25) is 5.91 Å². The molecule has 0 spiro atoms. The predicted molar refractivity (Wildman–Crippen MR) is 93.1 cm³/mol. The molecule has 0 atom stereocenters. The average molecular weight is 377 g/mol. The van der Waals surface area contributed by atoms with Gasteiger partial charge in [-0.2, -0.15) is 23.4 Å². The Morgan fingerprint density at radius 2 is 2.00 bits per heavy atom. The van der Waals surface area contributed by atoms with Gasteiger partial charge in [0.25, 0.3) is 0 Å². The van der Waals surface area contributed by atoms with Crippen LogP contribution in [0, 0.1) is 13.8 Å². The first-order chi connectivity index (χ1) is 12.7. The van der Waals surface area contributed by atoms with Crippen LogP contribution in [0.5, 0.6) is 0 Å². The Labute approximate surface area is 153 Å². The molecule has 1 N–H and O–H groups in total. The van der Waals surface area contributed by atoms with E-state index in [0.717, 1.165) is 17.2 Å². The minimum Gasteiger partial charge on any atom is -0.322 e. The first-order valence-electron chi connectivity index (χ1n) is 8.20. The molecule has 0 saturated heterocycles. The van der Waals surface area contributed by atoms with Crippen molar-refractivity contribution in [1.29, 1.82) is 0 Å². The fraction of sp³-hybridized carbons (Fsp3) is 0.278. The van der Waals surface area contributed by atoms with E-state index in [-0.39, 0.29) is 5.69 Å². The summed E-state index contributed by atoms with van der Waals surface area (Å²) in [6, 6.07) is 8.84. The Morgan fingerprint density at radius 1 is 1.22 bits per heavy atom. The summed E-state index contributed by atoms with van der Waals surface area (Å²) in [4.78, 5) is 12.1. The molecule has 0 saturated carbocycles. The minimum absolute atomic E-state index is 0.195. The van der Waals surface area contributed by atoms with E-state index in [2.05, 4.69) is 15.5 Å². The Kier molecular flexibility index (Phi) is 5.02. The number of aromatic nitrogens is 4. The molecule has 0 aliphatic carbocycles. The summed E-state index contributed by atoms with van der Waals surface area (Å²) in [5.41, 5.74) is 1.83. The number of hydrogen-bond donors (Lipinski definition) is 1. The quantitative estimate of drug-likeness (QED) is 0.741. The lowest BCUT2D eigenvalue weighted by atomic mass is 10.1. The molecule has 0 aliphatic rings. The summed E-state index contributed by atoms with van der Waals surface area (Å²) >= 11 is 0. The van der Waals surface area contributed by atoms with Crippen molar-refractivity contribution in [2.24, 2.45) is 0 Å². The number of nitrogens with one attached hydrogen (secondary N) is 1. The monoisotopic (exact) mass is 377 g/mol. The van der Waals surface area contributed by atoms with Crippen LogP contribution >= 0.6 is 0 Å². The van der Waals surface area contributed by atoms with Gasteiger partial charge in [0.15, 0.2) is 0 Å². The van der Waals surface area contributed by atoms with Crippen LogP contribution in [0.3, 0.4) is 0 Å². The van der Waals surface area contributed by atoms with Crippen LogP contribution in [0.15, 0.2) is 42.7 Å². The third-order valence-corrected chi connectivity index (χ3v) is 3.83. The van der Waals surface area contributed by atoms with Gasteiger partial charge in [-0.25, -0.2) is 0 Å². The van der Waals surface area contributed by atoms with Crippen LogP contribution in [0.4, 0.5) is 18.9 Å². The molecule has 0 radical (unpaired) electrons. The van der Waals surface area contributed by atoms with Crippen LogP contribution in [-0.2, 0) is 24.1 Å². The highest BCUT2D eigenvalue weighted by Gasteiger charge is 2.35. The van der Waals surface area contributed by atoms with E-state index in [1.165, 1.54) is 13.1 Å². The first kappa shape index (κ1) is 18.7. The number of halogens is 3. The maximum Gasteiger partial charge on any atom is 0.433 e. The second-order valence-corrected chi connectivity index (χ2v) is 6.29. The molecule has 0 aliphatic heterocycles. The van der Waals surface area contributed by atoms with Crippen molar-refractivity contribution >= 4 is 11.6 Å². The SMILES string of the molecule is Cc1cccc(Cn2cc(NC(=O)Cn3nc(C)cc3C(F)(F)F)cn2)c1. The van der Waals surface area contributed by atoms with Crippen molar-refractivity contribution in [3.8, 4) is 0 Å². The Morgan fingerprint density at radius 3 is 2.70 bits per heavy atom. The van der Waals surface area contributed by atoms with Crippen LogP contribution in [-0.4, -0.2) is 25.5 Å². The van der Waals surface area contributed by atoms with Crippen LogP contribution < -0.4 is 5.32 Å². The summed E-state index contributed by atoms with van der Waals surface area (Å²) in [6.45, 7) is 3.42. The fourth-order valence-corrected chi connectivity index (χ4v) is 2.74. The molecule has 3 rings (SSSR count). The number of anilines is 1. The molecule has 1 amide bonds. The van der Waals surface area contributed by atoms with Crippen LogP contribution in [0.1, 0.15) is 22.5 Å². The smallest absolute Gasteiger partial charge is 0.322 e. The number of aryl methyl sites for hydroxylation is 2. The zero-order valence-electron chi connectivity index (χ0n) is 14.8. The van der Waals surface area contributed by atoms with Crippen LogP contribution in [0.2, 0.25) is 0 Å². The van der Waals surface area contributed by atoms with Crippen molar-refractivity contribution in [3.05, 3.63) is 65.2 Å². The van der Waals surface area contributed by atoms with Gasteiger partial charge in [-0.15, -0.1) is 0 Å². The molecule has 6 nitrogen and oxygen atoms in total. The highest BCUT2D eigenvalue weighted by Crippen LogP contribution is 2.29. The molecular formula is C18H18F3N5O. The summed E-state index contributed by atoms with van der Waals surface area (Å²) in [7, 11) is 0. The van der Waals surface area contributed by atoms with E-state index in [9.17, 15) is 18.0 Å². The van der Waals surface area contributed by atoms with Gasteiger partial charge in [0.1, 0.15) is 12.2 Å². The van der Waals surface area contributed by atoms with E-state index in [1.54, 1.807) is 10.9 Å². The molecule has 0 bridgehead atoms. The molecule has 0 unspecified atom stereocenters. The molecule has 142 valence electrons. The molecule has 2 aromatic heterocycles. The van der Waals surface area contributed by atoms with Gasteiger partial charge in [-0.1, -0.05) is 29.8 Å². The molecule has 3 aromatic rings. The molecular weight excluding hydrogens is 359 g/mol. The van der Waals surface area contributed by atoms with E-state index in [1.807, 2.05) is 31.2 Å². The predicted octanol–water partition coefficient (Wildman–Crippen LogP) is 3.40. The first-order valence-corrected chi connectivity index (χ1v) is 8.20. The van der Waals surface area contributed by atoms with Gasteiger partial charge in [-0.3, -0.25) is 14.2 Å². The third kappa shape index (κ3) is 4.75. The Hall–Kier alpha value is -3.10. The number of carbonyl (C=O) groups excluding carboxylic acids is 1. The molecule has 2 heterocycles. The van der Waals surface area contributed by atoms with Crippen molar-refractivity contribution in [2.75, 3.05) is 5.32 Å². The van der Waals surface area contributed by atoms with Gasteiger partial charge >= 0.3 is 6.18 Å². The summed E-state index contributed by atoms with van der Waals surface area (Å²) in [5, 5.41) is 10.5. The lowest BCUT2D eigenvalue weighted by Gasteiger charge is -2.09. The normalized spacial score (nSPS) is 11.6. The summed E-state index contributed by atoms with van der Waals surface area (Å²) in [5.74, 6) is -0.612. The second kappa shape index (κ2) is 7.26. The number of benzene rings is 1. The fourth-order valence-electron chi connectivity index (χ4n) is 2.74. The van der Waals surface area contributed by atoms with Gasteiger partial charge in [-0.05, 0) is 25.5 Å². The Bertz CT molecular complexity index is 958. The molecule has 9 heteroatoms. The number of amides is 1. The average Bonchev–Trinajstić information content (AvgIpc) is 3.13. The van der Waals surface area contributed by atoms with Crippen molar-refractivity contribution in [2.45, 2.75) is 33.1 Å². The standard InChI is InChI=1S/C18H18F3N5O/c1-12-4-3-5-14(6-12)9-25-10-15(8-22-25)23-17(27)11-26-16(18(19,20)21)7-13(2)24-26/h3-8,10H,9,11H2,1-2H3,(H,23,27). The summed E-state index contributed by atoms with van der Waals surface area (Å²) < 4.78 is 41.2. The number of alkyl halides is 3. The van der Waals surface area contributed by atoms with Crippen LogP contribution in [0.25, 0.3) is 0 Å². The van der Waals surface area contributed by atoms with Crippen molar-refractivity contribution < 1.29 is 18.0 Å². The Balaban J connectivity index is 1.65. The highest BCUT2D eigenvalue weighted by atomic mass is 19.4. The maximum atomic E-state index is 13.0. The van der Waals surface area contributed by atoms with E-state index in [0.29, 0.717) is 16.9 Å². The summed E-state index contributed by atoms with van der Waals surface area (Å²) in [6.07, 6.45) is -1.49. The van der Waals surface area contributed by atoms with E-state index < -0.39 is 24.3 Å². The lowest BCUT2D eigenvalue weighted by Crippen LogP contribution is -2.23. The molecule has 27 heavy (non-hydrogen) atoms. The van der Waals surface area contributed by atoms with Crippen molar-refractivity contribution in [1.82, 2.24) is 19.6 Å². The number of carbonyl (C=O) groups is 1. The highest BCUT2D eigenvalue weighted by molar-refractivity contribution is 5.90. The van der Waals surface area contributed by atoms with E-state index in [4.69, 9.17) is 0 Å². The largest absolute Gasteiger partial charge is 0.433 e. The van der Waals surface area contributed by atoms with E-state index >= 15 is 0 Å².